The second kappa shape index (κ2) is 8.35. The number of aromatic nitrogens is 2. The third-order valence-corrected chi connectivity index (χ3v) is 8.90. The molecule has 4 nitrogen and oxygen atoms in total. The lowest BCUT2D eigenvalue weighted by molar-refractivity contribution is -0.642. The van der Waals surface area contributed by atoms with Crippen LogP contribution in [-0.4, -0.2) is 11.6 Å². The van der Waals surface area contributed by atoms with Crippen LogP contribution in [-0.2, 0) is 13.6 Å². The van der Waals surface area contributed by atoms with Gasteiger partial charge in [0.25, 0.3) is 10.6 Å². The van der Waals surface area contributed by atoms with Crippen molar-refractivity contribution in [3.8, 4) is 0 Å². The highest BCUT2D eigenvalue weighted by molar-refractivity contribution is 8.03. The topological polar surface area (TPSA) is 29.1 Å². The summed E-state index contributed by atoms with van der Waals surface area (Å²) in [4.78, 5) is 16.4. The normalized spacial score (nSPS) is 16.0. The van der Waals surface area contributed by atoms with Crippen molar-refractivity contribution in [2.75, 3.05) is 11.9 Å². The number of fused-ring (bicyclic) bond motifs is 2. The molecule has 32 heavy (non-hydrogen) atoms. The fourth-order valence-electron chi connectivity index (χ4n) is 3.74. The number of thiazole rings is 2. The summed E-state index contributed by atoms with van der Waals surface area (Å²) in [7, 11) is 3.97. The molecule has 4 aromatic rings. The van der Waals surface area contributed by atoms with E-state index in [0.717, 1.165) is 24.9 Å². The van der Waals surface area contributed by atoms with Crippen molar-refractivity contribution in [2.24, 2.45) is 7.05 Å². The number of halogens is 1. The lowest BCUT2D eigenvalue weighted by Crippen LogP contribution is -2.32. The van der Waals surface area contributed by atoms with Gasteiger partial charge in [-0.25, -0.2) is 4.39 Å². The van der Waals surface area contributed by atoms with Crippen LogP contribution in [0.15, 0.2) is 63.3 Å². The molecule has 0 saturated carbocycles. The van der Waals surface area contributed by atoms with Crippen molar-refractivity contribution >= 4 is 62.5 Å². The highest BCUT2D eigenvalue weighted by atomic mass is 32.2. The van der Waals surface area contributed by atoms with E-state index in [4.69, 9.17) is 0 Å². The molecule has 0 amide bonds. The molecule has 2 aromatic carbocycles. The molecule has 1 aliphatic rings. The number of anilines is 1. The van der Waals surface area contributed by atoms with Gasteiger partial charge in [0.05, 0.1) is 21.3 Å². The van der Waals surface area contributed by atoms with Gasteiger partial charge in [-0.3, -0.25) is 9.36 Å². The zero-order valence-corrected chi connectivity index (χ0v) is 20.3. The van der Waals surface area contributed by atoms with Crippen LogP contribution >= 0.6 is 34.4 Å². The predicted octanol–water partition coefficient (Wildman–Crippen LogP) is 3.80. The standard InChI is InChI=1S/C24H21FN3OS3/c1-4-28-23(14-22-27(3)17-13-15(25)9-10-19(17)31-22)32-20(24(28)29)11-12-21-26(2)16-7-5-6-8-18(16)30-21/h5-14H,4H2,1-3H3/q+1/b20-11-,21-12-. The molecule has 3 heterocycles. The van der Waals surface area contributed by atoms with E-state index in [1.54, 1.807) is 39.8 Å². The Labute approximate surface area is 196 Å². The van der Waals surface area contributed by atoms with E-state index in [9.17, 15) is 9.18 Å². The number of nitrogens with zero attached hydrogens (tertiary/aromatic N) is 3. The number of benzene rings is 2. The lowest BCUT2D eigenvalue weighted by atomic mass is 10.3. The fraction of sp³-hybridized carbons (Fsp3) is 0.167. The minimum absolute atomic E-state index is 0.0126. The summed E-state index contributed by atoms with van der Waals surface area (Å²) in [5.41, 5.74) is 2.04. The van der Waals surface area contributed by atoms with Crippen LogP contribution in [0, 0.1) is 5.82 Å². The van der Waals surface area contributed by atoms with Gasteiger partial charge in [-0.1, -0.05) is 35.2 Å². The summed E-state index contributed by atoms with van der Waals surface area (Å²) in [5.74, 6) is -0.249. The maximum Gasteiger partial charge on any atom is 0.269 e. The second-order valence-corrected chi connectivity index (χ2v) is 10.6. The monoisotopic (exact) mass is 482 g/mol. The Kier molecular flexibility index (Phi) is 5.53. The van der Waals surface area contributed by atoms with E-state index in [2.05, 4.69) is 17.0 Å². The van der Waals surface area contributed by atoms with E-state index >= 15 is 0 Å². The van der Waals surface area contributed by atoms with Gasteiger partial charge >= 0.3 is 0 Å². The first-order valence-corrected chi connectivity index (χ1v) is 12.6. The summed E-state index contributed by atoms with van der Waals surface area (Å²) in [5, 5.41) is 2.06. The largest absolute Gasteiger partial charge is 0.338 e. The molecular formula is C24H21FN3OS3+. The van der Waals surface area contributed by atoms with Crippen LogP contribution in [0.1, 0.15) is 11.9 Å². The minimum atomic E-state index is -0.249. The molecule has 0 bridgehead atoms. The molecule has 0 spiro atoms. The van der Waals surface area contributed by atoms with E-state index in [-0.39, 0.29) is 11.4 Å². The Balaban J connectivity index is 1.59. The maximum atomic E-state index is 13.7. The van der Waals surface area contributed by atoms with Gasteiger partial charge in [0.15, 0.2) is 0 Å². The Hall–Kier alpha value is -2.68. The van der Waals surface area contributed by atoms with Gasteiger partial charge < -0.3 is 4.90 Å². The van der Waals surface area contributed by atoms with Gasteiger partial charge in [0, 0.05) is 24.6 Å². The Bertz CT molecular complexity index is 1560. The van der Waals surface area contributed by atoms with Gasteiger partial charge in [-0.2, -0.15) is 4.57 Å². The first-order chi connectivity index (χ1) is 15.5. The molecule has 0 radical (unpaired) electrons. The van der Waals surface area contributed by atoms with Crippen LogP contribution in [0.3, 0.4) is 0 Å². The number of allylic oxidation sites excluding steroid dienone is 1. The van der Waals surface area contributed by atoms with Gasteiger partial charge in [0.2, 0.25) is 5.52 Å². The number of aryl methyl sites for hydroxylation is 1. The fourth-order valence-corrected chi connectivity index (χ4v) is 6.99. The number of thioether (sulfide) groups is 1. The van der Waals surface area contributed by atoms with Crippen LogP contribution < -0.4 is 24.2 Å². The van der Waals surface area contributed by atoms with Crippen molar-refractivity contribution in [2.45, 2.75) is 18.4 Å². The Morgan fingerprint density at radius 3 is 2.72 bits per heavy atom. The second-order valence-electron chi connectivity index (χ2n) is 7.41. The van der Waals surface area contributed by atoms with Gasteiger partial charge in [-0.15, -0.1) is 11.3 Å². The summed E-state index contributed by atoms with van der Waals surface area (Å²) < 4.78 is 20.0. The molecule has 0 fully saturated rings. The average molecular weight is 483 g/mol. The molecule has 5 rings (SSSR count). The third kappa shape index (κ3) is 3.62. The average Bonchev–Trinajstić information content (AvgIpc) is 3.39. The molecule has 0 atom stereocenters. The van der Waals surface area contributed by atoms with Crippen molar-refractivity contribution in [3.63, 3.8) is 0 Å². The summed E-state index contributed by atoms with van der Waals surface area (Å²) in [6, 6.07) is 13.1. The molecule has 0 saturated heterocycles. The lowest BCUT2D eigenvalue weighted by Gasteiger charge is -2.12. The molecule has 0 N–H and O–H groups in total. The number of para-hydroxylation sites is 1. The highest BCUT2D eigenvalue weighted by Crippen LogP contribution is 2.44. The van der Waals surface area contributed by atoms with Crippen LogP contribution in [0.2, 0.25) is 0 Å². The first kappa shape index (κ1) is 21.2. The van der Waals surface area contributed by atoms with Crippen molar-refractivity contribution in [3.05, 3.63) is 83.9 Å². The molecular weight excluding hydrogens is 461 g/mol. The summed E-state index contributed by atoms with van der Waals surface area (Å²) in [6.07, 6.45) is 5.96. The maximum absolute atomic E-state index is 13.7. The molecule has 1 aliphatic heterocycles. The predicted molar refractivity (Wildman–Crippen MR) is 133 cm³/mol. The van der Waals surface area contributed by atoms with Crippen LogP contribution in [0.25, 0.3) is 22.4 Å². The van der Waals surface area contributed by atoms with Crippen LogP contribution in [0.4, 0.5) is 10.1 Å². The SMILES string of the molecule is CCn1c(=O)/c(=C/C=C2\Sc3ccccc3N2C)s/c1=C\c1sc2ccc(F)cc2[n+]1C. The highest BCUT2D eigenvalue weighted by Gasteiger charge is 2.20. The van der Waals surface area contributed by atoms with E-state index in [1.807, 2.05) is 55.9 Å². The summed E-state index contributed by atoms with van der Waals surface area (Å²) in [6.45, 7) is 2.57. The smallest absolute Gasteiger partial charge is 0.269 e. The molecule has 0 unspecified atom stereocenters. The Morgan fingerprint density at radius 2 is 1.94 bits per heavy atom. The molecule has 162 valence electrons. The van der Waals surface area contributed by atoms with E-state index in [0.29, 0.717) is 11.1 Å². The minimum Gasteiger partial charge on any atom is -0.338 e. The number of rotatable bonds is 3. The number of hydrogen-bond donors (Lipinski definition) is 0. The van der Waals surface area contributed by atoms with Gasteiger partial charge in [0.1, 0.15) is 22.2 Å². The van der Waals surface area contributed by atoms with Gasteiger partial charge in [-0.05, 0) is 43.3 Å². The zero-order valence-electron chi connectivity index (χ0n) is 17.8. The Morgan fingerprint density at radius 1 is 1.12 bits per heavy atom. The quantitative estimate of drug-likeness (QED) is 0.416. The zero-order chi connectivity index (χ0) is 22.4. The van der Waals surface area contributed by atoms with Crippen LogP contribution in [0.5, 0.6) is 0 Å². The van der Waals surface area contributed by atoms with Crippen molar-refractivity contribution in [1.82, 2.24) is 4.57 Å². The van der Waals surface area contributed by atoms with E-state index < -0.39 is 0 Å². The first-order valence-electron chi connectivity index (χ1n) is 10.2. The molecule has 0 aliphatic carbocycles. The molecule has 2 aromatic heterocycles. The number of hydrogen-bond acceptors (Lipinski definition) is 5. The van der Waals surface area contributed by atoms with Crippen molar-refractivity contribution in [1.29, 1.82) is 0 Å². The molecule has 8 heteroatoms. The van der Waals surface area contributed by atoms with E-state index in [1.165, 1.54) is 28.0 Å². The third-order valence-electron chi connectivity index (χ3n) is 5.48. The summed E-state index contributed by atoms with van der Waals surface area (Å²) >= 11 is 4.78. The van der Waals surface area contributed by atoms with Crippen molar-refractivity contribution < 1.29 is 8.96 Å².